The number of hydrogen-bond acceptors (Lipinski definition) is 7. The molecule has 10 nitrogen and oxygen atoms in total. The van der Waals surface area contributed by atoms with E-state index in [9.17, 15) is 26.3 Å². The number of fused-ring (bicyclic) bond motifs is 1. The molecule has 1 aliphatic rings. The Morgan fingerprint density at radius 2 is 1.41 bits per heavy atom. The van der Waals surface area contributed by atoms with Gasteiger partial charge in [-0.05, 0) is 47.5 Å². The lowest BCUT2D eigenvalue weighted by molar-refractivity contribution is -0.193. The van der Waals surface area contributed by atoms with Crippen LogP contribution >= 0.6 is 0 Å². The lowest BCUT2D eigenvalue weighted by Gasteiger charge is -2.26. The quantitative estimate of drug-likeness (QED) is 0.283. The van der Waals surface area contributed by atoms with Gasteiger partial charge in [-0.2, -0.15) is 26.3 Å². The summed E-state index contributed by atoms with van der Waals surface area (Å²) in [6, 6.07) is 16.5. The van der Waals surface area contributed by atoms with Crippen molar-refractivity contribution in [3.05, 3.63) is 73.3 Å². The zero-order chi connectivity index (χ0) is 32.3. The van der Waals surface area contributed by atoms with Gasteiger partial charge in [-0.1, -0.05) is 12.1 Å². The molecule has 2 N–H and O–H groups in total. The van der Waals surface area contributed by atoms with E-state index >= 15 is 0 Å². The first-order valence-corrected chi connectivity index (χ1v) is 12.8. The average Bonchev–Trinajstić information content (AvgIpc) is 3.42. The van der Waals surface area contributed by atoms with Gasteiger partial charge in [0.25, 0.3) is 0 Å². The molecule has 5 rings (SSSR count). The van der Waals surface area contributed by atoms with Gasteiger partial charge in [0.1, 0.15) is 18.0 Å². The zero-order valence-corrected chi connectivity index (χ0v) is 22.8. The van der Waals surface area contributed by atoms with Crippen LogP contribution in [0.15, 0.2) is 73.3 Å². The predicted octanol–water partition coefficient (Wildman–Crippen LogP) is 5.04. The van der Waals surface area contributed by atoms with E-state index in [1.165, 1.54) is 0 Å². The largest absolute Gasteiger partial charge is 0.492 e. The molecule has 1 aliphatic heterocycles. The number of pyridine rings is 2. The summed E-state index contributed by atoms with van der Waals surface area (Å²) < 4.78 is 76.9. The van der Waals surface area contributed by atoms with Crippen molar-refractivity contribution in [2.45, 2.75) is 12.4 Å². The maximum atomic E-state index is 10.6. The van der Waals surface area contributed by atoms with Crippen molar-refractivity contribution in [1.82, 2.24) is 19.3 Å². The lowest BCUT2D eigenvalue weighted by Crippen LogP contribution is -2.38. The van der Waals surface area contributed by atoms with Crippen LogP contribution in [-0.4, -0.2) is 93.2 Å². The minimum atomic E-state index is -5.08. The zero-order valence-electron chi connectivity index (χ0n) is 22.8. The molecule has 236 valence electrons. The van der Waals surface area contributed by atoms with Crippen molar-refractivity contribution < 1.29 is 55.6 Å². The molecule has 3 aromatic heterocycles. The molecule has 1 aromatic carbocycles. The molecule has 0 saturated carbocycles. The first-order valence-electron chi connectivity index (χ1n) is 12.8. The summed E-state index contributed by atoms with van der Waals surface area (Å²) in [5.41, 5.74) is 5.36. The molecule has 4 heterocycles. The summed E-state index contributed by atoms with van der Waals surface area (Å²) in [5, 5.41) is 14.2. The molecular formula is C28H26F6N4O6. The summed E-state index contributed by atoms with van der Waals surface area (Å²) in [6.07, 6.45) is -2.60. The minimum Gasteiger partial charge on any atom is -0.492 e. The van der Waals surface area contributed by atoms with Crippen LogP contribution in [0.1, 0.15) is 0 Å². The number of rotatable bonds is 6. The number of morpholine rings is 1. The van der Waals surface area contributed by atoms with Crippen molar-refractivity contribution >= 4 is 17.6 Å². The Hall–Kier alpha value is -4.70. The average molecular weight is 629 g/mol. The number of carboxylic acids is 2. The van der Waals surface area contributed by atoms with Gasteiger partial charge >= 0.3 is 24.3 Å². The first-order chi connectivity index (χ1) is 20.8. The van der Waals surface area contributed by atoms with Gasteiger partial charge in [0.15, 0.2) is 0 Å². The monoisotopic (exact) mass is 628 g/mol. The van der Waals surface area contributed by atoms with Crippen molar-refractivity contribution in [1.29, 1.82) is 0 Å². The smallest absolute Gasteiger partial charge is 0.490 e. The Morgan fingerprint density at radius 1 is 0.841 bits per heavy atom. The number of nitrogens with zero attached hydrogens (tertiary/aromatic N) is 4. The number of alkyl halides is 6. The van der Waals surface area contributed by atoms with Crippen LogP contribution in [0.4, 0.5) is 26.3 Å². The van der Waals surface area contributed by atoms with Gasteiger partial charge in [-0.15, -0.1) is 0 Å². The van der Waals surface area contributed by atoms with E-state index in [0.717, 1.165) is 66.6 Å². The fraction of sp³-hybridized carbons (Fsp3) is 0.286. The Balaban J connectivity index is 0.000000317. The number of benzene rings is 1. The second-order valence-corrected chi connectivity index (χ2v) is 8.96. The van der Waals surface area contributed by atoms with Crippen LogP contribution in [0, 0.1) is 0 Å². The normalized spacial score (nSPS) is 13.7. The molecule has 0 amide bonds. The maximum absolute atomic E-state index is 10.6. The number of carbonyl (C=O) groups is 2. The highest BCUT2D eigenvalue weighted by Crippen LogP contribution is 2.26. The maximum Gasteiger partial charge on any atom is 0.490 e. The van der Waals surface area contributed by atoms with Gasteiger partial charge in [-0.3, -0.25) is 14.3 Å². The van der Waals surface area contributed by atoms with Crippen molar-refractivity contribution in [3.8, 4) is 28.1 Å². The number of ether oxygens (including phenoxy) is 2. The fourth-order valence-electron chi connectivity index (χ4n) is 3.76. The second-order valence-electron chi connectivity index (χ2n) is 8.96. The van der Waals surface area contributed by atoms with Gasteiger partial charge in [0.2, 0.25) is 0 Å². The first kappa shape index (κ1) is 33.8. The highest BCUT2D eigenvalue weighted by molar-refractivity contribution is 5.73. The highest BCUT2D eigenvalue weighted by atomic mass is 19.4. The topological polar surface area (TPSA) is 126 Å². The number of aromatic nitrogens is 3. The van der Waals surface area contributed by atoms with Gasteiger partial charge < -0.3 is 19.7 Å². The SMILES string of the molecule is O=C(O)C(F)(F)F.O=C(O)C(F)(F)F.c1cc(-c2cnc3cc(-c4ccc(OCCN5CCOCC5)cc4)ccn23)ccn1. The van der Waals surface area contributed by atoms with E-state index < -0.39 is 24.3 Å². The molecule has 0 atom stereocenters. The van der Waals surface area contributed by atoms with E-state index in [0.29, 0.717) is 6.61 Å². The molecule has 0 aliphatic carbocycles. The Morgan fingerprint density at radius 3 is 1.95 bits per heavy atom. The van der Waals surface area contributed by atoms with Crippen LogP contribution in [-0.2, 0) is 14.3 Å². The molecule has 16 heteroatoms. The molecular weight excluding hydrogens is 602 g/mol. The van der Waals surface area contributed by atoms with E-state index in [1.54, 1.807) is 12.4 Å². The van der Waals surface area contributed by atoms with Crippen LogP contribution in [0.2, 0.25) is 0 Å². The van der Waals surface area contributed by atoms with Crippen LogP contribution < -0.4 is 4.74 Å². The summed E-state index contributed by atoms with van der Waals surface area (Å²) in [5.74, 6) is -4.62. The van der Waals surface area contributed by atoms with Crippen LogP contribution in [0.25, 0.3) is 28.0 Å². The third-order valence-corrected chi connectivity index (χ3v) is 5.94. The molecule has 44 heavy (non-hydrogen) atoms. The lowest BCUT2D eigenvalue weighted by atomic mass is 10.1. The summed E-state index contributed by atoms with van der Waals surface area (Å²) in [6.45, 7) is 5.24. The van der Waals surface area contributed by atoms with Gasteiger partial charge in [0, 0.05) is 43.8 Å². The Labute approximate surface area is 246 Å². The standard InChI is InChI=1S/C24H24N4O2.2C2HF3O2/c1-3-22(30-16-13-27-11-14-29-15-12-27)4-2-19(1)21-7-10-28-23(18-26-24(28)17-21)20-5-8-25-9-6-20;2*3-2(4,5)1(6)7/h1-10,17-18H,11-16H2;2*(H,6,7). The number of halogens is 6. The molecule has 4 aromatic rings. The van der Waals surface area contributed by atoms with E-state index in [-0.39, 0.29) is 0 Å². The minimum absolute atomic E-state index is 0.692. The summed E-state index contributed by atoms with van der Waals surface area (Å²) in [7, 11) is 0. The number of carboxylic acid groups (broad SMARTS) is 2. The van der Waals surface area contributed by atoms with Gasteiger partial charge in [-0.25, -0.2) is 14.6 Å². The van der Waals surface area contributed by atoms with Crippen molar-refractivity contribution in [2.75, 3.05) is 39.5 Å². The highest BCUT2D eigenvalue weighted by Gasteiger charge is 2.38. The van der Waals surface area contributed by atoms with Crippen molar-refractivity contribution in [3.63, 3.8) is 0 Å². The van der Waals surface area contributed by atoms with E-state index in [2.05, 4.69) is 49.7 Å². The van der Waals surface area contributed by atoms with Crippen LogP contribution in [0.5, 0.6) is 5.75 Å². The molecule has 0 unspecified atom stereocenters. The van der Waals surface area contributed by atoms with Gasteiger partial charge in [0.05, 0.1) is 25.1 Å². The predicted molar refractivity (Wildman–Crippen MR) is 144 cm³/mol. The molecule has 0 spiro atoms. The number of hydrogen-bond donors (Lipinski definition) is 2. The van der Waals surface area contributed by atoms with Crippen molar-refractivity contribution in [2.24, 2.45) is 0 Å². The third kappa shape index (κ3) is 10.2. The third-order valence-electron chi connectivity index (χ3n) is 5.94. The molecule has 1 fully saturated rings. The molecule has 1 saturated heterocycles. The number of aliphatic carboxylic acids is 2. The van der Waals surface area contributed by atoms with E-state index in [4.69, 9.17) is 29.3 Å². The summed E-state index contributed by atoms with van der Waals surface area (Å²) in [4.78, 5) is 28.8. The summed E-state index contributed by atoms with van der Waals surface area (Å²) >= 11 is 0. The Kier molecular flexibility index (Phi) is 11.6. The van der Waals surface area contributed by atoms with Crippen LogP contribution in [0.3, 0.4) is 0 Å². The molecule has 0 bridgehead atoms. The fourth-order valence-corrected chi connectivity index (χ4v) is 3.76. The molecule has 0 radical (unpaired) electrons. The Bertz CT molecular complexity index is 1480. The number of imidazole rings is 1. The second kappa shape index (κ2) is 15.2. The van der Waals surface area contributed by atoms with E-state index in [1.807, 2.05) is 30.5 Å².